The van der Waals surface area contributed by atoms with Crippen LogP contribution in [-0.2, 0) is 22.7 Å². The van der Waals surface area contributed by atoms with E-state index < -0.39 is 5.92 Å². The molecule has 1 aromatic heterocycles. The highest BCUT2D eigenvalue weighted by Crippen LogP contribution is 2.55. The number of rotatable bonds is 5. The summed E-state index contributed by atoms with van der Waals surface area (Å²) >= 11 is 0. The first kappa shape index (κ1) is 28.5. The van der Waals surface area contributed by atoms with Crippen molar-refractivity contribution in [2.45, 2.75) is 72.4 Å². The van der Waals surface area contributed by atoms with E-state index in [1.807, 2.05) is 36.4 Å². The number of halogens is 1. The molecule has 0 spiro atoms. The van der Waals surface area contributed by atoms with Gasteiger partial charge in [0.05, 0.1) is 0 Å². The fourth-order valence-corrected chi connectivity index (χ4v) is 7.78. The van der Waals surface area contributed by atoms with Crippen LogP contribution in [0.4, 0.5) is 4.39 Å². The van der Waals surface area contributed by atoms with Crippen molar-refractivity contribution < 1.29 is 14.0 Å². The van der Waals surface area contributed by atoms with E-state index in [2.05, 4.69) is 67.6 Å². The summed E-state index contributed by atoms with van der Waals surface area (Å²) in [7, 11) is 0. The lowest BCUT2D eigenvalue weighted by Gasteiger charge is -2.49. The van der Waals surface area contributed by atoms with Crippen LogP contribution in [-0.4, -0.2) is 21.0 Å². The van der Waals surface area contributed by atoms with Crippen molar-refractivity contribution in [2.24, 2.45) is 10.8 Å². The number of carbonyl (C=O) groups excluding carboxylic acids is 2. The molecule has 7 rings (SSSR count). The minimum atomic E-state index is -0.433. The summed E-state index contributed by atoms with van der Waals surface area (Å²) in [4.78, 5) is 31.0. The van der Waals surface area contributed by atoms with Crippen LogP contribution in [0.3, 0.4) is 0 Å². The third-order valence-electron chi connectivity index (χ3n) is 9.58. The van der Waals surface area contributed by atoms with Crippen molar-refractivity contribution in [3.05, 3.63) is 130 Å². The number of Topliss-reactive ketones (excluding diaryl/α,β-unsaturated/α-hetero) is 2. The maximum Gasteiger partial charge on any atom is 0.162 e. The van der Waals surface area contributed by atoms with Gasteiger partial charge in [-0.15, -0.1) is 0 Å². The molecule has 0 bridgehead atoms. The number of carbonyl (C=O) groups is 2. The van der Waals surface area contributed by atoms with Crippen LogP contribution >= 0.6 is 0 Å². The predicted octanol–water partition coefficient (Wildman–Crippen LogP) is 8.71. The Morgan fingerprint density at radius 2 is 1.30 bits per heavy atom. The molecule has 0 saturated carbocycles. The number of benzene rings is 3. The summed E-state index contributed by atoms with van der Waals surface area (Å²) in [6.45, 7) is 9.82. The second kappa shape index (κ2) is 10.4. The number of hydrogen-bond acceptors (Lipinski definition) is 3. The van der Waals surface area contributed by atoms with Gasteiger partial charge in [-0.05, 0) is 58.6 Å². The zero-order chi connectivity index (χ0) is 30.8. The summed E-state index contributed by atoms with van der Waals surface area (Å²) in [5.41, 5.74) is 7.32. The minimum absolute atomic E-state index is 0.130. The fraction of sp³-hybridized carbons (Fsp3) is 0.333. The van der Waals surface area contributed by atoms with E-state index in [9.17, 15) is 14.0 Å². The van der Waals surface area contributed by atoms with E-state index in [-0.39, 0.29) is 28.2 Å². The predicted molar refractivity (Wildman–Crippen MR) is 172 cm³/mol. The normalized spacial score (nSPS) is 19.9. The van der Waals surface area contributed by atoms with Gasteiger partial charge < -0.3 is 9.47 Å². The number of nitrogens with zero attached hydrogens (tertiary/aromatic N) is 2. The number of fused-ring (bicyclic) bond motifs is 1. The monoisotopic (exact) mass is 586 g/mol. The van der Waals surface area contributed by atoms with E-state index in [1.165, 1.54) is 6.07 Å². The van der Waals surface area contributed by atoms with Gasteiger partial charge in [-0.3, -0.25) is 9.59 Å². The summed E-state index contributed by atoms with van der Waals surface area (Å²) in [5, 5.41) is 1.03. The van der Waals surface area contributed by atoms with Crippen molar-refractivity contribution in [1.29, 1.82) is 0 Å². The molecule has 0 saturated heterocycles. The first-order valence-corrected chi connectivity index (χ1v) is 15.7. The molecular weight excluding hydrogens is 547 g/mol. The lowest BCUT2D eigenvalue weighted by molar-refractivity contribution is -0.119. The molecule has 0 unspecified atom stereocenters. The van der Waals surface area contributed by atoms with E-state index in [1.54, 1.807) is 12.1 Å². The van der Waals surface area contributed by atoms with Crippen LogP contribution in [0.25, 0.3) is 10.9 Å². The number of aromatic nitrogens is 1. The zero-order valence-electron chi connectivity index (χ0n) is 26.0. The molecule has 4 nitrogen and oxygen atoms in total. The first-order valence-electron chi connectivity index (χ1n) is 15.7. The average Bonchev–Trinajstić information content (AvgIpc) is 3.31. The van der Waals surface area contributed by atoms with Crippen molar-refractivity contribution in [3.8, 4) is 0 Å². The molecule has 0 atom stereocenters. The zero-order valence-corrected chi connectivity index (χ0v) is 26.0. The Labute approximate surface area is 258 Å². The Morgan fingerprint density at radius 3 is 1.93 bits per heavy atom. The van der Waals surface area contributed by atoms with Crippen LogP contribution in [0, 0.1) is 16.6 Å². The molecule has 3 aliphatic rings. The van der Waals surface area contributed by atoms with E-state index in [0.717, 1.165) is 63.0 Å². The molecule has 5 heteroatoms. The number of para-hydroxylation sites is 1. The molecule has 0 amide bonds. The second-order valence-electron chi connectivity index (χ2n) is 14.5. The summed E-state index contributed by atoms with van der Waals surface area (Å²) in [6.07, 6.45) is 4.55. The van der Waals surface area contributed by atoms with Crippen molar-refractivity contribution in [3.63, 3.8) is 0 Å². The van der Waals surface area contributed by atoms with E-state index >= 15 is 0 Å². The second-order valence-corrected chi connectivity index (χ2v) is 14.5. The minimum Gasteiger partial charge on any atom is -0.343 e. The summed E-state index contributed by atoms with van der Waals surface area (Å²) in [6, 6.07) is 25.2. The molecular formula is C39H39FN2O2. The molecule has 3 aromatic carbocycles. The number of hydrogen-bond donors (Lipinski definition) is 0. The molecule has 0 N–H and O–H groups in total. The van der Waals surface area contributed by atoms with Crippen molar-refractivity contribution >= 4 is 22.5 Å². The third kappa shape index (κ3) is 5.02. The van der Waals surface area contributed by atoms with Crippen LogP contribution in [0.1, 0.15) is 76.0 Å². The van der Waals surface area contributed by atoms with Crippen LogP contribution in [0.5, 0.6) is 0 Å². The first-order chi connectivity index (χ1) is 21.0. The van der Waals surface area contributed by atoms with Crippen molar-refractivity contribution in [1.82, 2.24) is 9.47 Å². The molecule has 44 heavy (non-hydrogen) atoms. The molecule has 4 aromatic rings. The van der Waals surface area contributed by atoms with Gasteiger partial charge >= 0.3 is 0 Å². The van der Waals surface area contributed by atoms with Gasteiger partial charge in [-0.1, -0.05) is 88.4 Å². The Bertz CT molecular complexity index is 1820. The topological polar surface area (TPSA) is 42.3 Å². The molecule has 2 heterocycles. The van der Waals surface area contributed by atoms with Gasteiger partial charge in [0.15, 0.2) is 11.6 Å². The largest absolute Gasteiger partial charge is 0.343 e. The van der Waals surface area contributed by atoms with Gasteiger partial charge in [0.2, 0.25) is 0 Å². The fourth-order valence-electron chi connectivity index (χ4n) is 7.78. The molecule has 2 aliphatic carbocycles. The maximum atomic E-state index is 14.3. The Kier molecular flexibility index (Phi) is 6.76. The highest BCUT2D eigenvalue weighted by molar-refractivity contribution is 6.08. The van der Waals surface area contributed by atoms with Crippen LogP contribution < -0.4 is 0 Å². The van der Waals surface area contributed by atoms with Gasteiger partial charge in [0.1, 0.15) is 5.82 Å². The van der Waals surface area contributed by atoms with E-state index in [0.29, 0.717) is 25.9 Å². The lowest BCUT2D eigenvalue weighted by Crippen LogP contribution is -2.44. The summed E-state index contributed by atoms with van der Waals surface area (Å²) < 4.78 is 16.3. The van der Waals surface area contributed by atoms with Gasteiger partial charge in [-0.2, -0.15) is 0 Å². The van der Waals surface area contributed by atoms with Gasteiger partial charge in [0.25, 0.3) is 0 Å². The lowest BCUT2D eigenvalue weighted by atomic mass is 9.63. The van der Waals surface area contributed by atoms with Crippen LogP contribution in [0.2, 0.25) is 0 Å². The van der Waals surface area contributed by atoms with Crippen molar-refractivity contribution in [2.75, 3.05) is 0 Å². The molecule has 1 aliphatic heterocycles. The SMILES string of the molecule is CC1(C)CC(=O)C2=C(C1)N(Cc1ccccc1)C1=C(C(=O)CC(C)(C)C1)C2c1cn(Cc2cccc(F)c2)c2ccccc12. The summed E-state index contributed by atoms with van der Waals surface area (Å²) in [5.74, 6) is -0.436. The highest BCUT2D eigenvalue weighted by atomic mass is 19.1. The Balaban J connectivity index is 1.47. The third-order valence-corrected chi connectivity index (χ3v) is 9.58. The Hall–Kier alpha value is -4.25. The van der Waals surface area contributed by atoms with E-state index in [4.69, 9.17) is 0 Å². The number of allylic oxidation sites excluding steroid dienone is 4. The maximum absolute atomic E-state index is 14.3. The van der Waals surface area contributed by atoms with Gasteiger partial charge in [-0.25, -0.2) is 4.39 Å². The molecule has 0 fully saturated rings. The Morgan fingerprint density at radius 1 is 0.705 bits per heavy atom. The van der Waals surface area contributed by atoms with Crippen LogP contribution in [0.15, 0.2) is 108 Å². The smallest absolute Gasteiger partial charge is 0.162 e. The standard InChI is InChI=1S/C39H39FN2O2/c1-38(2)18-31-36(33(43)20-38)35(29-24-41(30-16-9-8-15-28(29)30)22-26-13-10-14-27(40)17-26)37-32(19-39(3,4)21-34(37)44)42(31)23-25-11-6-5-7-12-25/h5-17,24,35H,18-23H2,1-4H3. The average molecular weight is 587 g/mol. The molecule has 224 valence electrons. The highest BCUT2D eigenvalue weighted by Gasteiger charge is 2.49. The number of ketones is 2. The van der Waals surface area contributed by atoms with Gasteiger partial charge in [0, 0.05) is 71.5 Å². The molecule has 0 radical (unpaired) electrons. The quantitative estimate of drug-likeness (QED) is 0.235.